The van der Waals surface area contributed by atoms with E-state index >= 15 is 0 Å². The van der Waals surface area contributed by atoms with Crippen LogP contribution in [0.2, 0.25) is 0 Å². The van der Waals surface area contributed by atoms with E-state index in [4.69, 9.17) is 0 Å². The van der Waals surface area contributed by atoms with E-state index in [2.05, 4.69) is 60.0 Å². The van der Waals surface area contributed by atoms with Crippen LogP contribution in [0.3, 0.4) is 0 Å². The van der Waals surface area contributed by atoms with Gasteiger partial charge in [-0.2, -0.15) is 0 Å². The molecule has 0 N–H and O–H groups in total. The van der Waals surface area contributed by atoms with Crippen LogP contribution >= 0.6 is 0 Å². The first-order chi connectivity index (χ1) is 12.1. The van der Waals surface area contributed by atoms with E-state index in [1.807, 2.05) is 40.1 Å². The van der Waals surface area contributed by atoms with Crippen molar-refractivity contribution in [3.63, 3.8) is 0 Å². The minimum absolute atomic E-state index is 0.0240. The molecule has 0 radical (unpaired) electrons. The minimum atomic E-state index is -0.0240. The number of aryl methyl sites for hydroxylation is 4. The van der Waals surface area contributed by atoms with E-state index < -0.39 is 0 Å². The summed E-state index contributed by atoms with van der Waals surface area (Å²) in [6.45, 7) is 15.0. The minimum Gasteiger partial charge on any atom is -0.263 e. The van der Waals surface area contributed by atoms with E-state index in [1.165, 1.54) is 27.8 Å². The molecule has 3 heterocycles. The molecule has 3 nitrogen and oxygen atoms in total. The lowest BCUT2D eigenvalue weighted by atomic mass is 9.78. The number of hydrogen-bond donors (Lipinski definition) is 0. The Morgan fingerprint density at radius 2 is 0.962 bits per heavy atom. The van der Waals surface area contributed by atoms with Crippen LogP contribution in [0.4, 0.5) is 0 Å². The third-order valence-electron chi connectivity index (χ3n) is 4.48. The van der Waals surface area contributed by atoms with Crippen LogP contribution in [0.15, 0.2) is 36.7 Å². The second-order valence-electron chi connectivity index (χ2n) is 8.14. The number of aromatic nitrogens is 3. The van der Waals surface area contributed by atoms with E-state index in [0.717, 1.165) is 22.8 Å². The van der Waals surface area contributed by atoms with Gasteiger partial charge in [-0.3, -0.25) is 15.0 Å². The van der Waals surface area contributed by atoms with Crippen LogP contribution in [0, 0.1) is 27.7 Å². The predicted molar refractivity (Wildman–Crippen MR) is 108 cm³/mol. The Bertz CT molecular complexity index is 855. The molecule has 134 valence electrons. The zero-order chi connectivity index (χ0) is 19.1. The Hall–Kier alpha value is -2.55. The molecule has 0 bridgehead atoms. The summed E-state index contributed by atoms with van der Waals surface area (Å²) in [4.78, 5) is 13.6. The summed E-state index contributed by atoms with van der Waals surface area (Å²) in [6.07, 6.45) is 3.97. The zero-order valence-corrected chi connectivity index (χ0v) is 16.8. The largest absolute Gasteiger partial charge is 0.263 e. The second-order valence-corrected chi connectivity index (χ2v) is 8.14. The molecule has 0 aliphatic carbocycles. The molecule has 0 unspecified atom stereocenters. The second kappa shape index (κ2) is 6.64. The molecule has 0 amide bonds. The van der Waals surface area contributed by atoms with Crippen molar-refractivity contribution in [3.8, 4) is 22.3 Å². The van der Waals surface area contributed by atoms with Crippen molar-refractivity contribution in [2.75, 3.05) is 0 Å². The van der Waals surface area contributed by atoms with Gasteiger partial charge in [-0.1, -0.05) is 20.8 Å². The quantitative estimate of drug-likeness (QED) is 0.595. The zero-order valence-electron chi connectivity index (χ0n) is 16.8. The van der Waals surface area contributed by atoms with Crippen LogP contribution in [0.25, 0.3) is 22.3 Å². The molecule has 3 aromatic heterocycles. The molecule has 26 heavy (non-hydrogen) atoms. The molecule has 0 aliphatic rings. The van der Waals surface area contributed by atoms with Gasteiger partial charge in [-0.15, -0.1) is 0 Å². The first-order valence-corrected chi connectivity index (χ1v) is 9.05. The summed E-state index contributed by atoms with van der Waals surface area (Å²) in [7, 11) is 0. The van der Waals surface area contributed by atoms with Crippen molar-refractivity contribution in [3.05, 3.63) is 65.0 Å². The number of nitrogens with zero attached hydrogens (tertiary/aromatic N) is 3. The molecule has 0 atom stereocenters. The fourth-order valence-corrected chi connectivity index (χ4v) is 3.69. The smallest absolute Gasteiger partial charge is 0.0382 e. The highest BCUT2D eigenvalue weighted by Gasteiger charge is 2.24. The van der Waals surface area contributed by atoms with Gasteiger partial charge in [0.2, 0.25) is 0 Å². The molecule has 0 aliphatic heterocycles. The molecule has 3 rings (SSSR count). The van der Waals surface area contributed by atoms with Gasteiger partial charge in [0.1, 0.15) is 0 Å². The molecule has 0 saturated heterocycles. The van der Waals surface area contributed by atoms with E-state index in [-0.39, 0.29) is 5.41 Å². The van der Waals surface area contributed by atoms with Crippen LogP contribution in [-0.2, 0) is 5.41 Å². The molecule has 0 fully saturated rings. The Labute approximate surface area is 156 Å². The van der Waals surface area contributed by atoms with E-state index in [9.17, 15) is 0 Å². The Balaban J connectivity index is 2.34. The van der Waals surface area contributed by atoms with E-state index in [1.54, 1.807) is 0 Å². The maximum absolute atomic E-state index is 4.59. The lowest BCUT2D eigenvalue weighted by Crippen LogP contribution is -2.15. The van der Waals surface area contributed by atoms with Crippen molar-refractivity contribution in [2.24, 2.45) is 0 Å². The number of hydrogen-bond acceptors (Lipinski definition) is 3. The fraction of sp³-hybridized carbons (Fsp3) is 0.348. The number of rotatable bonds is 2. The summed E-state index contributed by atoms with van der Waals surface area (Å²) >= 11 is 0. The molecular formula is C23H27N3. The van der Waals surface area contributed by atoms with Gasteiger partial charge in [-0.05, 0) is 74.1 Å². The first kappa shape index (κ1) is 18.2. The van der Waals surface area contributed by atoms with Crippen molar-refractivity contribution >= 4 is 0 Å². The molecule has 3 aromatic rings. The van der Waals surface area contributed by atoms with Crippen LogP contribution in [-0.4, -0.2) is 15.0 Å². The SMILES string of the molecule is Cc1cc(-c2cncc(-c3cc(C)nc(C)c3)c2C(C)(C)C)cc(C)n1. The normalized spacial score (nSPS) is 11.7. The summed E-state index contributed by atoms with van der Waals surface area (Å²) in [5.74, 6) is 0. The lowest BCUT2D eigenvalue weighted by Gasteiger charge is -2.27. The van der Waals surface area contributed by atoms with Crippen molar-refractivity contribution in [2.45, 2.75) is 53.9 Å². The average molecular weight is 345 g/mol. The standard InChI is InChI=1S/C23H27N3/c1-14-8-18(9-15(2)25-14)20-12-24-13-21(22(20)23(5,6)7)19-10-16(3)26-17(4)11-19/h8-13H,1-7H3. The summed E-state index contributed by atoms with van der Waals surface area (Å²) in [6, 6.07) is 8.58. The lowest BCUT2D eigenvalue weighted by molar-refractivity contribution is 0.593. The fourth-order valence-electron chi connectivity index (χ4n) is 3.69. The van der Waals surface area contributed by atoms with Crippen LogP contribution in [0.5, 0.6) is 0 Å². The van der Waals surface area contributed by atoms with Crippen molar-refractivity contribution < 1.29 is 0 Å². The molecular weight excluding hydrogens is 318 g/mol. The summed E-state index contributed by atoms with van der Waals surface area (Å²) in [5, 5.41) is 0. The Kier molecular flexibility index (Phi) is 4.66. The van der Waals surface area contributed by atoms with Crippen molar-refractivity contribution in [1.82, 2.24) is 15.0 Å². The van der Waals surface area contributed by atoms with Gasteiger partial charge < -0.3 is 0 Å². The Morgan fingerprint density at radius 1 is 0.615 bits per heavy atom. The highest BCUT2D eigenvalue weighted by molar-refractivity contribution is 5.79. The summed E-state index contributed by atoms with van der Waals surface area (Å²) in [5.41, 5.74) is 10.1. The molecule has 0 saturated carbocycles. The van der Waals surface area contributed by atoms with Crippen LogP contribution in [0.1, 0.15) is 49.1 Å². The third-order valence-corrected chi connectivity index (χ3v) is 4.48. The van der Waals surface area contributed by atoms with Gasteiger partial charge in [0, 0.05) is 46.3 Å². The van der Waals surface area contributed by atoms with Gasteiger partial charge in [0.15, 0.2) is 0 Å². The monoisotopic (exact) mass is 345 g/mol. The average Bonchev–Trinajstić information content (AvgIpc) is 2.51. The maximum atomic E-state index is 4.59. The maximum Gasteiger partial charge on any atom is 0.0382 e. The molecule has 0 aromatic carbocycles. The van der Waals surface area contributed by atoms with Crippen LogP contribution < -0.4 is 0 Å². The molecule has 0 spiro atoms. The van der Waals surface area contributed by atoms with Gasteiger partial charge in [-0.25, -0.2) is 0 Å². The van der Waals surface area contributed by atoms with Crippen molar-refractivity contribution in [1.29, 1.82) is 0 Å². The molecule has 3 heteroatoms. The first-order valence-electron chi connectivity index (χ1n) is 9.05. The van der Waals surface area contributed by atoms with Gasteiger partial charge in [0.05, 0.1) is 0 Å². The predicted octanol–water partition coefficient (Wildman–Crippen LogP) is 5.74. The highest BCUT2D eigenvalue weighted by atomic mass is 14.7. The number of pyridine rings is 3. The summed E-state index contributed by atoms with van der Waals surface area (Å²) < 4.78 is 0. The van der Waals surface area contributed by atoms with Gasteiger partial charge >= 0.3 is 0 Å². The topological polar surface area (TPSA) is 38.7 Å². The van der Waals surface area contributed by atoms with E-state index in [0.29, 0.717) is 0 Å². The third kappa shape index (κ3) is 3.67. The Morgan fingerprint density at radius 3 is 1.27 bits per heavy atom. The highest BCUT2D eigenvalue weighted by Crippen LogP contribution is 2.40. The van der Waals surface area contributed by atoms with Gasteiger partial charge in [0.25, 0.3) is 0 Å².